The largest absolute Gasteiger partial charge is 0.504 e. The number of fused-ring (bicyclic) bond motifs is 2. The van der Waals surface area contributed by atoms with E-state index in [1.807, 2.05) is 19.1 Å². The van der Waals surface area contributed by atoms with Gasteiger partial charge in [0.1, 0.15) is 6.10 Å². The Morgan fingerprint density at radius 3 is 2.58 bits per heavy atom. The van der Waals surface area contributed by atoms with E-state index in [-0.39, 0.29) is 17.3 Å². The molecule has 3 atom stereocenters. The van der Waals surface area contributed by atoms with Gasteiger partial charge in [0, 0.05) is 5.41 Å². The number of phenols is 1. The van der Waals surface area contributed by atoms with Gasteiger partial charge in [0.2, 0.25) is 0 Å². The van der Waals surface area contributed by atoms with Crippen molar-refractivity contribution in [2.75, 3.05) is 0 Å². The predicted molar refractivity (Wildman–Crippen MR) is 76.5 cm³/mol. The summed E-state index contributed by atoms with van der Waals surface area (Å²) in [6, 6.07) is 5.58. The monoisotopic (exact) mass is 260 g/mol. The number of phenolic OH excluding ortho intramolecular Hbond substituents is 1. The molecule has 3 rings (SSSR count). The number of aromatic hydroxyl groups is 1. The highest BCUT2D eigenvalue weighted by molar-refractivity contribution is 5.41. The zero-order chi connectivity index (χ0) is 13.8. The summed E-state index contributed by atoms with van der Waals surface area (Å²) < 4.78 is 6.21. The Hall–Kier alpha value is -1.18. The second-order valence-electron chi connectivity index (χ2n) is 7.19. The van der Waals surface area contributed by atoms with Gasteiger partial charge in [-0.15, -0.1) is 0 Å². The Labute approximate surface area is 115 Å². The number of benzene rings is 1. The topological polar surface area (TPSA) is 29.5 Å². The first-order valence-corrected chi connectivity index (χ1v) is 7.31. The highest BCUT2D eigenvalue weighted by Gasteiger charge is 2.62. The molecular formula is C17H24O2. The molecule has 1 aromatic carbocycles. The minimum atomic E-state index is 0.230. The molecule has 1 N–H and O–H groups in total. The predicted octanol–water partition coefficient (Wildman–Crippen LogP) is 4.29. The number of rotatable bonds is 2. The molecule has 0 aromatic heterocycles. The van der Waals surface area contributed by atoms with Crippen molar-refractivity contribution < 1.29 is 9.84 Å². The van der Waals surface area contributed by atoms with Gasteiger partial charge in [-0.3, -0.25) is 0 Å². The van der Waals surface area contributed by atoms with Crippen molar-refractivity contribution in [3.8, 4) is 11.5 Å². The van der Waals surface area contributed by atoms with Gasteiger partial charge in [-0.2, -0.15) is 0 Å². The lowest BCUT2D eigenvalue weighted by Gasteiger charge is -2.39. The SMILES string of the molecule is Cc1ccc(O)c(OC2CC3CCC2(C)C3(C)C)c1. The first-order valence-electron chi connectivity index (χ1n) is 7.31. The molecule has 2 saturated carbocycles. The molecule has 0 heterocycles. The minimum Gasteiger partial charge on any atom is -0.504 e. The van der Waals surface area contributed by atoms with E-state index >= 15 is 0 Å². The third kappa shape index (κ3) is 1.69. The molecule has 3 unspecified atom stereocenters. The quantitative estimate of drug-likeness (QED) is 0.859. The maximum absolute atomic E-state index is 9.95. The van der Waals surface area contributed by atoms with Gasteiger partial charge in [-0.25, -0.2) is 0 Å². The van der Waals surface area contributed by atoms with Crippen LogP contribution in [0.4, 0.5) is 0 Å². The van der Waals surface area contributed by atoms with Crippen LogP contribution in [0.3, 0.4) is 0 Å². The van der Waals surface area contributed by atoms with Crippen LogP contribution in [0.2, 0.25) is 0 Å². The van der Waals surface area contributed by atoms with Gasteiger partial charge in [0.15, 0.2) is 11.5 Å². The number of aryl methyl sites for hydroxylation is 1. The molecule has 19 heavy (non-hydrogen) atoms. The van der Waals surface area contributed by atoms with Crippen LogP contribution in [0.1, 0.15) is 45.6 Å². The standard InChI is InChI=1S/C17H24O2/c1-11-5-6-13(18)14(9-11)19-15-10-12-7-8-17(15,4)16(12,2)3/h5-6,9,12,15,18H,7-8,10H2,1-4H3. The second kappa shape index (κ2) is 3.91. The Kier molecular flexibility index (Phi) is 2.64. The zero-order valence-corrected chi connectivity index (χ0v) is 12.4. The summed E-state index contributed by atoms with van der Waals surface area (Å²) >= 11 is 0. The summed E-state index contributed by atoms with van der Waals surface area (Å²) in [5.74, 6) is 1.67. The van der Waals surface area contributed by atoms with Crippen LogP contribution in [0.15, 0.2) is 18.2 Å². The van der Waals surface area contributed by atoms with E-state index in [1.165, 1.54) is 12.8 Å². The summed E-state index contributed by atoms with van der Waals surface area (Å²) in [6.45, 7) is 9.14. The molecule has 2 fully saturated rings. The lowest BCUT2D eigenvalue weighted by atomic mass is 9.70. The maximum atomic E-state index is 9.95. The Morgan fingerprint density at radius 2 is 2.00 bits per heavy atom. The fraction of sp³-hybridized carbons (Fsp3) is 0.647. The average molecular weight is 260 g/mol. The van der Waals surface area contributed by atoms with Crippen LogP contribution < -0.4 is 4.74 Å². The molecular weight excluding hydrogens is 236 g/mol. The molecule has 2 aliphatic carbocycles. The summed E-state index contributed by atoms with van der Waals surface area (Å²) in [6.07, 6.45) is 3.91. The highest BCUT2D eigenvalue weighted by Crippen LogP contribution is 2.66. The Balaban J connectivity index is 1.88. The van der Waals surface area contributed by atoms with Crippen LogP contribution in [-0.2, 0) is 0 Å². The van der Waals surface area contributed by atoms with Gasteiger partial charge in [0.05, 0.1) is 0 Å². The third-order valence-electron chi connectivity index (χ3n) is 6.10. The summed E-state index contributed by atoms with van der Waals surface area (Å²) in [5.41, 5.74) is 1.70. The van der Waals surface area contributed by atoms with E-state index in [2.05, 4.69) is 20.8 Å². The molecule has 0 aliphatic heterocycles. The molecule has 2 bridgehead atoms. The number of hydrogen-bond donors (Lipinski definition) is 1. The summed E-state index contributed by atoms with van der Waals surface area (Å²) in [5, 5.41) is 9.95. The number of hydrogen-bond acceptors (Lipinski definition) is 2. The van der Waals surface area contributed by atoms with Gasteiger partial charge < -0.3 is 9.84 Å². The van der Waals surface area contributed by atoms with Crippen molar-refractivity contribution in [1.29, 1.82) is 0 Å². The maximum Gasteiger partial charge on any atom is 0.161 e. The van der Waals surface area contributed by atoms with Crippen LogP contribution in [0.25, 0.3) is 0 Å². The highest BCUT2D eigenvalue weighted by atomic mass is 16.5. The van der Waals surface area contributed by atoms with Crippen molar-refractivity contribution in [3.63, 3.8) is 0 Å². The van der Waals surface area contributed by atoms with Crippen LogP contribution >= 0.6 is 0 Å². The molecule has 0 radical (unpaired) electrons. The molecule has 0 spiro atoms. The van der Waals surface area contributed by atoms with E-state index in [9.17, 15) is 5.11 Å². The van der Waals surface area contributed by atoms with Crippen LogP contribution in [0.5, 0.6) is 11.5 Å². The van der Waals surface area contributed by atoms with Crippen molar-refractivity contribution >= 4 is 0 Å². The molecule has 2 aliphatic rings. The first-order chi connectivity index (χ1) is 8.84. The smallest absolute Gasteiger partial charge is 0.161 e. The second-order valence-corrected chi connectivity index (χ2v) is 7.19. The van der Waals surface area contributed by atoms with Gasteiger partial charge in [-0.05, 0) is 55.2 Å². The number of ether oxygens (including phenoxy) is 1. The van der Waals surface area contributed by atoms with E-state index in [0.29, 0.717) is 11.2 Å². The van der Waals surface area contributed by atoms with E-state index < -0.39 is 0 Å². The van der Waals surface area contributed by atoms with Crippen molar-refractivity contribution in [2.24, 2.45) is 16.7 Å². The van der Waals surface area contributed by atoms with E-state index in [0.717, 1.165) is 17.9 Å². The van der Waals surface area contributed by atoms with Crippen molar-refractivity contribution in [1.82, 2.24) is 0 Å². The molecule has 0 amide bonds. The fourth-order valence-electron chi connectivity index (χ4n) is 4.18. The Bertz CT molecular complexity index is 506. The van der Waals surface area contributed by atoms with Crippen molar-refractivity contribution in [2.45, 2.75) is 53.1 Å². The molecule has 1 aromatic rings. The van der Waals surface area contributed by atoms with Gasteiger partial charge >= 0.3 is 0 Å². The summed E-state index contributed by atoms with van der Waals surface area (Å²) in [4.78, 5) is 0. The molecule has 2 nitrogen and oxygen atoms in total. The van der Waals surface area contributed by atoms with E-state index in [4.69, 9.17) is 4.74 Å². The molecule has 104 valence electrons. The van der Waals surface area contributed by atoms with Crippen LogP contribution in [0, 0.1) is 23.7 Å². The van der Waals surface area contributed by atoms with Crippen molar-refractivity contribution in [3.05, 3.63) is 23.8 Å². The molecule has 0 saturated heterocycles. The van der Waals surface area contributed by atoms with E-state index in [1.54, 1.807) is 6.07 Å². The summed E-state index contributed by atoms with van der Waals surface area (Å²) in [7, 11) is 0. The fourth-order valence-corrected chi connectivity index (χ4v) is 4.18. The average Bonchev–Trinajstić information content (AvgIpc) is 2.67. The third-order valence-corrected chi connectivity index (χ3v) is 6.10. The van der Waals surface area contributed by atoms with Gasteiger partial charge in [0.25, 0.3) is 0 Å². The molecule has 2 heteroatoms. The van der Waals surface area contributed by atoms with Crippen LogP contribution in [-0.4, -0.2) is 11.2 Å². The minimum absolute atomic E-state index is 0.230. The lowest BCUT2D eigenvalue weighted by Crippen LogP contribution is -2.38. The van der Waals surface area contributed by atoms with Gasteiger partial charge in [-0.1, -0.05) is 26.8 Å². The first kappa shape index (κ1) is 12.8. The zero-order valence-electron chi connectivity index (χ0n) is 12.4. The Morgan fingerprint density at radius 1 is 1.26 bits per heavy atom. The lowest BCUT2D eigenvalue weighted by molar-refractivity contribution is 0.0286. The normalized spacial score (nSPS) is 35.6.